The van der Waals surface area contributed by atoms with Gasteiger partial charge < -0.3 is 10.2 Å². The van der Waals surface area contributed by atoms with Crippen LogP contribution in [0.1, 0.15) is 51.0 Å². The quantitative estimate of drug-likeness (QED) is 0.882. The summed E-state index contributed by atoms with van der Waals surface area (Å²) in [6.45, 7) is 6.54. The van der Waals surface area contributed by atoms with Crippen molar-refractivity contribution in [1.29, 1.82) is 10.5 Å². The van der Waals surface area contributed by atoms with E-state index in [0.717, 1.165) is 0 Å². The first-order valence-electron chi connectivity index (χ1n) is 6.45. The molecule has 0 saturated heterocycles. The van der Waals surface area contributed by atoms with Crippen molar-refractivity contribution >= 4 is 0 Å². The molecule has 20 heavy (non-hydrogen) atoms. The van der Waals surface area contributed by atoms with Gasteiger partial charge in [-0.25, -0.2) is 0 Å². The van der Waals surface area contributed by atoms with Gasteiger partial charge in [0.2, 0.25) is 0 Å². The summed E-state index contributed by atoms with van der Waals surface area (Å²) in [4.78, 5) is 0. The van der Waals surface area contributed by atoms with Gasteiger partial charge in [0.15, 0.2) is 0 Å². The van der Waals surface area contributed by atoms with Gasteiger partial charge in [0.05, 0.1) is 35.2 Å². The molecule has 0 fully saturated rings. The van der Waals surface area contributed by atoms with Crippen molar-refractivity contribution in [3.05, 3.63) is 35.4 Å². The van der Waals surface area contributed by atoms with Crippen molar-refractivity contribution in [2.45, 2.75) is 39.9 Å². The van der Waals surface area contributed by atoms with Gasteiger partial charge in [0, 0.05) is 0 Å². The molecule has 0 radical (unpaired) electrons. The Morgan fingerprint density at radius 1 is 0.850 bits per heavy atom. The van der Waals surface area contributed by atoms with Crippen LogP contribution < -0.4 is 0 Å². The Kier molecular flexibility index (Phi) is 4.55. The molecule has 0 aromatic heterocycles. The van der Waals surface area contributed by atoms with Crippen molar-refractivity contribution in [3.63, 3.8) is 0 Å². The zero-order valence-corrected chi connectivity index (χ0v) is 12.3. The molecule has 1 aromatic carbocycles. The standard InChI is InChI=1S/C16H20N2O2/c1-15(2,9-17)13(19)11-7-5-6-8-12(11)14(20)16(3,4)10-18/h5-8,13-14,19-20H,1-4H3. The number of rotatable bonds is 4. The molecule has 1 rings (SSSR count). The lowest BCUT2D eigenvalue weighted by Crippen LogP contribution is -2.25. The molecule has 0 spiro atoms. The second-order valence-corrected chi connectivity index (χ2v) is 6.10. The molecule has 0 amide bonds. The first-order chi connectivity index (χ1) is 9.17. The molecule has 4 nitrogen and oxygen atoms in total. The van der Waals surface area contributed by atoms with E-state index in [1.165, 1.54) is 0 Å². The maximum absolute atomic E-state index is 10.4. The normalized spacial score (nSPS) is 15.0. The van der Waals surface area contributed by atoms with Gasteiger partial charge >= 0.3 is 0 Å². The molecule has 0 bridgehead atoms. The van der Waals surface area contributed by atoms with Crippen LogP contribution in [0.25, 0.3) is 0 Å². The Balaban J connectivity index is 3.34. The Labute approximate surface area is 119 Å². The molecule has 106 valence electrons. The molecule has 0 aliphatic carbocycles. The van der Waals surface area contributed by atoms with E-state index in [1.54, 1.807) is 52.0 Å². The summed E-state index contributed by atoms with van der Waals surface area (Å²) >= 11 is 0. The van der Waals surface area contributed by atoms with Gasteiger partial charge in [-0.1, -0.05) is 24.3 Å². The number of hydrogen-bond acceptors (Lipinski definition) is 4. The fourth-order valence-electron chi connectivity index (χ4n) is 1.91. The number of nitrogens with zero attached hydrogens (tertiary/aromatic N) is 2. The highest BCUT2D eigenvalue weighted by Gasteiger charge is 2.35. The smallest absolute Gasteiger partial charge is 0.0974 e. The minimum atomic E-state index is -1.03. The molecular formula is C16H20N2O2. The van der Waals surface area contributed by atoms with Crippen molar-refractivity contribution in [2.75, 3.05) is 0 Å². The van der Waals surface area contributed by atoms with Crippen LogP contribution in [0.3, 0.4) is 0 Å². The highest BCUT2D eigenvalue weighted by atomic mass is 16.3. The number of nitriles is 2. The van der Waals surface area contributed by atoms with Crippen LogP contribution in [-0.2, 0) is 0 Å². The molecule has 0 aliphatic rings. The molecule has 4 heteroatoms. The van der Waals surface area contributed by atoms with Crippen LogP contribution in [0, 0.1) is 33.5 Å². The summed E-state index contributed by atoms with van der Waals surface area (Å²) in [5, 5.41) is 39.1. The van der Waals surface area contributed by atoms with Crippen LogP contribution in [-0.4, -0.2) is 10.2 Å². The Morgan fingerprint density at radius 2 is 1.15 bits per heavy atom. The third-order valence-corrected chi connectivity index (χ3v) is 3.53. The van der Waals surface area contributed by atoms with Crippen LogP contribution in [0.5, 0.6) is 0 Å². The number of aliphatic hydroxyl groups is 2. The highest BCUT2D eigenvalue weighted by molar-refractivity contribution is 5.35. The van der Waals surface area contributed by atoms with Gasteiger partial charge in [-0.05, 0) is 38.8 Å². The summed E-state index contributed by atoms with van der Waals surface area (Å²) in [6, 6.07) is 11.0. The molecule has 2 N–H and O–H groups in total. The largest absolute Gasteiger partial charge is 0.387 e. The molecular weight excluding hydrogens is 252 g/mol. The lowest BCUT2D eigenvalue weighted by Gasteiger charge is -2.30. The van der Waals surface area contributed by atoms with Gasteiger partial charge in [0.25, 0.3) is 0 Å². The van der Waals surface area contributed by atoms with Gasteiger partial charge in [0.1, 0.15) is 0 Å². The van der Waals surface area contributed by atoms with Crippen molar-refractivity contribution in [2.24, 2.45) is 10.8 Å². The van der Waals surface area contributed by atoms with E-state index in [4.69, 9.17) is 10.5 Å². The van der Waals surface area contributed by atoms with Crippen LogP contribution in [0.2, 0.25) is 0 Å². The average molecular weight is 272 g/mol. The topological polar surface area (TPSA) is 88.0 Å². The van der Waals surface area contributed by atoms with Crippen LogP contribution in [0.15, 0.2) is 24.3 Å². The Bertz CT molecular complexity index is 514. The third kappa shape index (κ3) is 2.99. The second-order valence-electron chi connectivity index (χ2n) is 6.10. The van der Waals surface area contributed by atoms with E-state index >= 15 is 0 Å². The van der Waals surface area contributed by atoms with Gasteiger partial charge in [-0.2, -0.15) is 10.5 Å². The predicted octanol–water partition coefficient (Wildman–Crippen LogP) is 2.85. The molecule has 0 saturated carbocycles. The van der Waals surface area contributed by atoms with E-state index in [-0.39, 0.29) is 0 Å². The average Bonchev–Trinajstić information content (AvgIpc) is 2.45. The first kappa shape index (κ1) is 16.2. The maximum atomic E-state index is 10.4. The summed E-state index contributed by atoms with van der Waals surface area (Å²) in [5.74, 6) is 0. The van der Waals surface area contributed by atoms with E-state index in [0.29, 0.717) is 11.1 Å². The SMILES string of the molecule is CC(C)(C#N)C(O)c1ccccc1C(O)C(C)(C)C#N. The number of hydrogen-bond donors (Lipinski definition) is 2. The van der Waals surface area contributed by atoms with Crippen molar-refractivity contribution in [3.8, 4) is 12.1 Å². The van der Waals surface area contributed by atoms with E-state index in [9.17, 15) is 10.2 Å². The molecule has 0 heterocycles. The number of benzene rings is 1. The van der Waals surface area contributed by atoms with Gasteiger partial charge in [-0.3, -0.25) is 0 Å². The summed E-state index contributed by atoms with van der Waals surface area (Å²) in [7, 11) is 0. The molecule has 2 atom stereocenters. The first-order valence-corrected chi connectivity index (χ1v) is 6.45. The minimum absolute atomic E-state index is 0.481. The Hall–Kier alpha value is -1.88. The Morgan fingerprint density at radius 3 is 1.40 bits per heavy atom. The third-order valence-electron chi connectivity index (χ3n) is 3.53. The predicted molar refractivity (Wildman–Crippen MR) is 75.1 cm³/mol. The number of aliphatic hydroxyl groups excluding tert-OH is 2. The zero-order valence-electron chi connectivity index (χ0n) is 12.3. The summed E-state index contributed by atoms with van der Waals surface area (Å²) in [6.07, 6.45) is -2.07. The lowest BCUT2D eigenvalue weighted by molar-refractivity contribution is 0.0650. The zero-order chi connectivity index (χ0) is 15.6. The van der Waals surface area contributed by atoms with Crippen LogP contribution in [0.4, 0.5) is 0 Å². The molecule has 2 unspecified atom stereocenters. The van der Waals surface area contributed by atoms with E-state index in [1.807, 2.05) is 0 Å². The minimum Gasteiger partial charge on any atom is -0.387 e. The molecule has 1 aromatic rings. The maximum Gasteiger partial charge on any atom is 0.0974 e. The van der Waals surface area contributed by atoms with Crippen molar-refractivity contribution in [1.82, 2.24) is 0 Å². The summed E-state index contributed by atoms with van der Waals surface area (Å²) < 4.78 is 0. The monoisotopic (exact) mass is 272 g/mol. The fraction of sp³-hybridized carbons (Fsp3) is 0.500. The van der Waals surface area contributed by atoms with Crippen molar-refractivity contribution < 1.29 is 10.2 Å². The van der Waals surface area contributed by atoms with E-state index < -0.39 is 23.0 Å². The van der Waals surface area contributed by atoms with Gasteiger partial charge in [-0.15, -0.1) is 0 Å². The highest BCUT2D eigenvalue weighted by Crippen LogP contribution is 2.40. The second kappa shape index (κ2) is 5.63. The lowest BCUT2D eigenvalue weighted by atomic mass is 9.77. The fourth-order valence-corrected chi connectivity index (χ4v) is 1.91. The molecule has 0 aliphatic heterocycles. The van der Waals surface area contributed by atoms with Crippen LogP contribution >= 0.6 is 0 Å². The summed E-state index contributed by atoms with van der Waals surface area (Å²) in [5.41, 5.74) is -0.996. The van der Waals surface area contributed by atoms with E-state index in [2.05, 4.69) is 12.1 Å².